The molecule has 6 rings (SSSR count). The second-order valence-electron chi connectivity index (χ2n) is 11.8. The van der Waals surface area contributed by atoms with Gasteiger partial charge in [-0.05, 0) is 91.2 Å². The third-order valence-corrected chi connectivity index (χ3v) is 10.3. The van der Waals surface area contributed by atoms with Gasteiger partial charge >= 0.3 is 12.1 Å². The van der Waals surface area contributed by atoms with E-state index in [1.165, 1.54) is 27.4 Å². The fraction of sp³-hybridized carbons (Fsp3) is 0.257. The third-order valence-electron chi connectivity index (χ3n) is 8.35. The average molecular weight is 726 g/mol. The number of nitrogens with one attached hydrogen (secondary N) is 3. The molecule has 16 heteroatoms. The number of anilines is 4. The molecule has 2 heterocycles. The van der Waals surface area contributed by atoms with E-state index in [9.17, 15) is 26.0 Å². The van der Waals surface area contributed by atoms with Gasteiger partial charge in [-0.1, -0.05) is 24.3 Å². The summed E-state index contributed by atoms with van der Waals surface area (Å²) in [6.45, 7) is 0.734. The molecule has 0 atom stereocenters. The van der Waals surface area contributed by atoms with Crippen molar-refractivity contribution >= 4 is 49.9 Å². The van der Waals surface area contributed by atoms with Crippen molar-refractivity contribution in [3.63, 3.8) is 0 Å². The molecule has 5 aromatic rings. The van der Waals surface area contributed by atoms with Gasteiger partial charge in [0, 0.05) is 61.0 Å². The van der Waals surface area contributed by atoms with Crippen molar-refractivity contribution in [2.75, 3.05) is 17.7 Å². The van der Waals surface area contributed by atoms with Crippen LogP contribution in [0.1, 0.15) is 31.2 Å². The Morgan fingerprint density at radius 1 is 0.902 bits per heavy atom. The summed E-state index contributed by atoms with van der Waals surface area (Å²) >= 11 is 0. The van der Waals surface area contributed by atoms with Crippen LogP contribution in [-0.4, -0.2) is 64.1 Å². The number of fused-ring (bicyclic) bond motifs is 1. The van der Waals surface area contributed by atoms with Crippen LogP contribution >= 0.6 is 0 Å². The molecule has 11 nitrogen and oxygen atoms in total. The number of carboxylic acid groups (broad SMARTS) is 1. The van der Waals surface area contributed by atoms with Crippen LogP contribution in [0.3, 0.4) is 0 Å². The Morgan fingerprint density at radius 2 is 1.53 bits per heavy atom. The van der Waals surface area contributed by atoms with Gasteiger partial charge in [-0.15, -0.1) is 0 Å². The molecule has 0 spiro atoms. The lowest BCUT2D eigenvalue weighted by atomic mass is 9.91. The first-order valence-corrected chi connectivity index (χ1v) is 17.3. The van der Waals surface area contributed by atoms with E-state index in [1.54, 1.807) is 55.7 Å². The van der Waals surface area contributed by atoms with Gasteiger partial charge in [0.25, 0.3) is 0 Å². The maximum atomic E-state index is 13.5. The zero-order valence-corrected chi connectivity index (χ0v) is 28.1. The number of benzene rings is 3. The first-order chi connectivity index (χ1) is 24.3. The first-order valence-electron chi connectivity index (χ1n) is 15.9. The molecular formula is C35H35F4N7O4S. The van der Waals surface area contributed by atoms with E-state index in [0.717, 1.165) is 37.6 Å². The van der Waals surface area contributed by atoms with Crippen LogP contribution in [0.2, 0.25) is 0 Å². The highest BCUT2D eigenvalue weighted by Gasteiger charge is 2.38. The summed E-state index contributed by atoms with van der Waals surface area (Å²) in [6, 6.07) is 22.8. The highest BCUT2D eigenvalue weighted by molar-refractivity contribution is 7.89. The van der Waals surface area contributed by atoms with Crippen LogP contribution in [0.25, 0.3) is 10.8 Å². The molecule has 1 aliphatic rings. The van der Waals surface area contributed by atoms with Gasteiger partial charge in [0.15, 0.2) is 0 Å². The number of halogens is 4. The number of aromatic nitrogens is 3. The van der Waals surface area contributed by atoms with E-state index in [-0.39, 0.29) is 16.8 Å². The summed E-state index contributed by atoms with van der Waals surface area (Å²) in [6.07, 6.45) is 3.70. The molecule has 1 saturated carbocycles. The minimum Gasteiger partial charge on any atom is -0.475 e. The molecule has 0 aliphatic heterocycles. The molecule has 268 valence electrons. The quantitative estimate of drug-likeness (QED) is 0.111. The van der Waals surface area contributed by atoms with Crippen LogP contribution in [0.15, 0.2) is 102 Å². The lowest BCUT2D eigenvalue weighted by molar-refractivity contribution is -0.192. The fourth-order valence-corrected chi connectivity index (χ4v) is 7.01. The molecule has 51 heavy (non-hydrogen) atoms. The summed E-state index contributed by atoms with van der Waals surface area (Å²) in [5.41, 5.74) is 2.51. The van der Waals surface area contributed by atoms with Crippen molar-refractivity contribution in [2.24, 2.45) is 0 Å². The number of nitrogens with zero attached hydrogens (tertiary/aromatic N) is 4. The number of carbonyl (C=O) groups is 1. The van der Waals surface area contributed by atoms with Gasteiger partial charge in [0.05, 0.1) is 4.90 Å². The lowest BCUT2D eigenvalue weighted by Gasteiger charge is -2.34. The van der Waals surface area contributed by atoms with E-state index in [4.69, 9.17) is 9.90 Å². The second kappa shape index (κ2) is 16.2. The van der Waals surface area contributed by atoms with Crippen LogP contribution < -0.4 is 16.0 Å². The summed E-state index contributed by atoms with van der Waals surface area (Å²) < 4.78 is 73.4. The normalized spacial score (nSPS) is 16.3. The van der Waals surface area contributed by atoms with Crippen molar-refractivity contribution < 1.29 is 35.9 Å². The molecule has 0 amide bonds. The minimum atomic E-state index is -5.08. The Bertz CT molecular complexity index is 2040. The Kier molecular flexibility index (Phi) is 11.8. The fourth-order valence-electron chi connectivity index (χ4n) is 5.59. The standard InChI is InChI=1S/C33H34FN7O2S.C2HF3O2/c1-41(29-14-10-26(11-15-29)37-22-24-21-35-20-23-4-2-3-5-31(23)24)44(42,43)30-16-12-28(13-17-30)39-33-36-19-18-32(40-33)38-27-8-6-25(34)7-9-27;3-2(4,5)1(6)7/h2-9,12-13,16-21,26,29,37H,10-11,14-15,22H2,1H3,(H2,36,38,39,40);(H,6,7). The van der Waals surface area contributed by atoms with Crippen LogP contribution in [0.5, 0.6) is 0 Å². The van der Waals surface area contributed by atoms with E-state index in [1.807, 2.05) is 24.5 Å². The van der Waals surface area contributed by atoms with Crippen LogP contribution in [0.4, 0.5) is 40.7 Å². The van der Waals surface area contributed by atoms with Gasteiger partial charge in [-0.25, -0.2) is 22.6 Å². The Morgan fingerprint density at radius 3 is 2.20 bits per heavy atom. The van der Waals surface area contributed by atoms with E-state index >= 15 is 0 Å². The molecule has 2 aromatic heterocycles. The molecule has 0 saturated heterocycles. The molecule has 3 aromatic carbocycles. The molecule has 1 fully saturated rings. The predicted molar refractivity (Wildman–Crippen MR) is 185 cm³/mol. The zero-order valence-electron chi connectivity index (χ0n) is 27.3. The van der Waals surface area contributed by atoms with Crippen molar-refractivity contribution in [2.45, 2.75) is 55.4 Å². The van der Waals surface area contributed by atoms with E-state index in [2.05, 4.69) is 43.0 Å². The largest absolute Gasteiger partial charge is 0.490 e. The average Bonchev–Trinajstić information content (AvgIpc) is 3.12. The topological polar surface area (TPSA) is 149 Å². The maximum Gasteiger partial charge on any atom is 0.490 e. The number of hydrogen-bond acceptors (Lipinski definition) is 9. The van der Waals surface area contributed by atoms with Gasteiger partial charge in [0.1, 0.15) is 11.6 Å². The molecule has 0 bridgehead atoms. The van der Waals surface area contributed by atoms with Crippen LogP contribution in [0, 0.1) is 5.82 Å². The number of hydrogen-bond donors (Lipinski definition) is 4. The summed E-state index contributed by atoms with van der Waals surface area (Å²) in [5, 5.41) is 19.3. The summed E-state index contributed by atoms with van der Waals surface area (Å²) in [7, 11) is -1.99. The second-order valence-corrected chi connectivity index (χ2v) is 13.8. The van der Waals surface area contributed by atoms with Crippen LogP contribution in [-0.2, 0) is 21.4 Å². The highest BCUT2D eigenvalue weighted by atomic mass is 32.2. The smallest absolute Gasteiger partial charge is 0.475 e. The molecule has 0 radical (unpaired) electrons. The van der Waals surface area contributed by atoms with Gasteiger partial charge in [-0.3, -0.25) is 4.98 Å². The number of carboxylic acids is 1. The van der Waals surface area contributed by atoms with Crippen molar-refractivity contribution in [1.29, 1.82) is 0 Å². The Labute approximate surface area is 291 Å². The number of alkyl halides is 3. The first kappa shape index (κ1) is 37.1. The monoisotopic (exact) mass is 725 g/mol. The SMILES string of the molecule is CN(C1CCC(NCc2cncc3ccccc23)CC1)S(=O)(=O)c1ccc(Nc2nccc(Nc3ccc(F)cc3)n2)cc1.O=C(O)C(F)(F)F. The van der Waals surface area contributed by atoms with Gasteiger partial charge < -0.3 is 21.1 Å². The number of sulfonamides is 1. The molecule has 0 unspecified atom stereocenters. The molecule has 4 N–H and O–H groups in total. The van der Waals surface area contributed by atoms with Crippen molar-refractivity contribution in [3.05, 3.63) is 109 Å². The minimum absolute atomic E-state index is 0.0557. The summed E-state index contributed by atoms with van der Waals surface area (Å²) in [4.78, 5) is 22.2. The number of pyridine rings is 1. The van der Waals surface area contributed by atoms with Crippen molar-refractivity contribution in [3.8, 4) is 0 Å². The summed E-state index contributed by atoms with van der Waals surface area (Å²) in [5.74, 6) is -2.20. The molecular weight excluding hydrogens is 690 g/mol. The highest BCUT2D eigenvalue weighted by Crippen LogP contribution is 2.28. The van der Waals surface area contributed by atoms with Crippen molar-refractivity contribution in [1.82, 2.24) is 24.6 Å². The van der Waals surface area contributed by atoms with E-state index < -0.39 is 22.2 Å². The predicted octanol–water partition coefficient (Wildman–Crippen LogP) is 7.01. The van der Waals surface area contributed by atoms with Gasteiger partial charge in [-0.2, -0.15) is 22.5 Å². The number of aliphatic carboxylic acids is 1. The maximum absolute atomic E-state index is 13.5. The third kappa shape index (κ3) is 9.96. The Hall–Kier alpha value is -5.19. The number of rotatable bonds is 10. The van der Waals surface area contributed by atoms with E-state index in [0.29, 0.717) is 29.2 Å². The molecule has 1 aliphatic carbocycles. The lowest BCUT2D eigenvalue weighted by Crippen LogP contribution is -2.43. The van der Waals surface area contributed by atoms with Gasteiger partial charge in [0.2, 0.25) is 16.0 Å². The Balaban J connectivity index is 0.000000654. The zero-order chi connectivity index (χ0) is 36.6.